The van der Waals surface area contributed by atoms with Gasteiger partial charge in [0, 0.05) is 33.9 Å². The third kappa shape index (κ3) is 1.84. The van der Waals surface area contributed by atoms with Crippen LogP contribution in [0, 0.1) is 6.92 Å². The number of amides is 2. The maximum Gasteiger partial charge on any atom is 0.286 e. The average Bonchev–Trinajstić information content (AvgIpc) is 3.34. The molecule has 2 aromatic heterocycles. The van der Waals surface area contributed by atoms with E-state index in [1.165, 1.54) is 18.7 Å². The van der Waals surface area contributed by atoms with Gasteiger partial charge in [0.05, 0.1) is 18.3 Å². The molecule has 162 valence electrons. The number of rotatable bonds is 1. The van der Waals surface area contributed by atoms with E-state index in [0.29, 0.717) is 44.0 Å². The van der Waals surface area contributed by atoms with Crippen molar-refractivity contribution in [2.75, 3.05) is 14.2 Å². The van der Waals surface area contributed by atoms with Crippen LogP contribution in [0.25, 0.3) is 33.2 Å². The molecule has 2 aromatic carbocycles. The molecule has 0 aliphatic carbocycles. The predicted octanol–water partition coefficient (Wildman–Crippen LogP) is 2.60. The quantitative estimate of drug-likeness (QED) is 0.385. The van der Waals surface area contributed by atoms with Crippen molar-refractivity contribution in [3.63, 3.8) is 0 Å². The number of aromatic nitrogens is 2. The van der Waals surface area contributed by atoms with Crippen molar-refractivity contribution >= 4 is 45.2 Å². The molecule has 8 nitrogen and oxygen atoms in total. The van der Waals surface area contributed by atoms with Crippen molar-refractivity contribution in [3.8, 4) is 17.1 Å². The molecule has 0 saturated carbocycles. The zero-order valence-electron chi connectivity index (χ0n) is 17.4. The van der Waals surface area contributed by atoms with Crippen molar-refractivity contribution in [1.82, 2.24) is 14.5 Å². The van der Waals surface area contributed by atoms with Crippen LogP contribution in [0.15, 0.2) is 36.4 Å². The molecule has 2 aliphatic heterocycles. The van der Waals surface area contributed by atoms with Gasteiger partial charge in [0.15, 0.2) is 5.75 Å². The number of nitrogens with zero attached hydrogens (tertiary/aromatic N) is 2. The van der Waals surface area contributed by atoms with E-state index in [-0.39, 0.29) is 5.56 Å². The summed E-state index contributed by atoms with van der Waals surface area (Å²) in [6.07, 6.45) is 0. The number of aryl methyl sites for hydroxylation is 1. The highest BCUT2D eigenvalue weighted by Gasteiger charge is 2.74. The Kier molecular flexibility index (Phi) is 3.46. The molecule has 1 saturated heterocycles. The van der Waals surface area contributed by atoms with Crippen molar-refractivity contribution < 1.29 is 24.5 Å². The van der Waals surface area contributed by atoms with Crippen LogP contribution in [0.3, 0.4) is 0 Å². The number of likely N-dealkylation sites (N-methyl/N-ethyl adjacent to an activating group) is 1. The number of carbonyl (C=O) groups is 2. The van der Waals surface area contributed by atoms with Gasteiger partial charge in [-0.15, -0.1) is 0 Å². The first-order chi connectivity index (χ1) is 15.2. The van der Waals surface area contributed by atoms with E-state index >= 15 is 0 Å². The zero-order valence-corrected chi connectivity index (χ0v) is 18.1. The predicted molar refractivity (Wildman–Crippen MR) is 117 cm³/mol. The van der Waals surface area contributed by atoms with Gasteiger partial charge < -0.3 is 19.9 Å². The van der Waals surface area contributed by atoms with E-state index in [4.69, 9.17) is 16.3 Å². The number of imide groups is 1. The van der Waals surface area contributed by atoms with Crippen LogP contribution in [-0.4, -0.2) is 50.6 Å². The molecule has 4 aromatic rings. The molecular formula is C23H18ClN3O5. The highest BCUT2D eigenvalue weighted by Crippen LogP contribution is 2.59. The van der Waals surface area contributed by atoms with Crippen molar-refractivity contribution in [2.45, 2.75) is 18.2 Å². The van der Waals surface area contributed by atoms with Gasteiger partial charge in [-0.05, 0) is 37.3 Å². The van der Waals surface area contributed by atoms with Gasteiger partial charge in [-0.1, -0.05) is 23.2 Å². The molecule has 1 fully saturated rings. The molecule has 4 heterocycles. The lowest BCUT2D eigenvalue weighted by Crippen LogP contribution is -2.58. The summed E-state index contributed by atoms with van der Waals surface area (Å²) >= 11 is 6.24. The number of fused-ring (bicyclic) bond motifs is 10. The summed E-state index contributed by atoms with van der Waals surface area (Å²) in [5.74, 6) is -1.48. The number of carbonyl (C=O) groups excluding carboxylic acids is 2. The highest BCUT2D eigenvalue weighted by atomic mass is 35.5. The number of hydrogen-bond donors (Lipinski definition) is 3. The van der Waals surface area contributed by atoms with Gasteiger partial charge in [0.2, 0.25) is 5.60 Å². The van der Waals surface area contributed by atoms with E-state index in [9.17, 15) is 19.8 Å². The largest absolute Gasteiger partial charge is 0.494 e. The number of hydrogen-bond acceptors (Lipinski definition) is 5. The molecule has 3 N–H and O–H groups in total. The standard InChI is InChI=1S/C23H18ClN3O5/c1-10-4-7-14-13(8-10)16-17(25-14)18-19(32-3)12-6-5-11(24)9-15(12)27(18)23(31)21(29)26(2)20(28)22(16,23)30/h4-9,25,30-31H,1-3H3/t22-,23+/m1/s1. The van der Waals surface area contributed by atoms with E-state index in [0.717, 1.165) is 10.5 Å². The van der Waals surface area contributed by atoms with Crippen LogP contribution in [0.1, 0.15) is 11.1 Å². The number of nitrogens with one attached hydrogen (secondary N) is 1. The molecule has 2 aliphatic rings. The Bertz CT molecular complexity index is 1540. The number of halogens is 1. The van der Waals surface area contributed by atoms with Crippen LogP contribution < -0.4 is 4.74 Å². The Hall–Kier alpha value is -3.33. The summed E-state index contributed by atoms with van der Waals surface area (Å²) in [4.78, 5) is 30.8. The van der Waals surface area contributed by atoms with Crippen LogP contribution >= 0.6 is 11.6 Å². The number of ether oxygens (including phenoxy) is 1. The minimum Gasteiger partial charge on any atom is -0.494 e. The topological polar surface area (TPSA) is 108 Å². The number of aliphatic hydroxyl groups is 2. The first-order valence-corrected chi connectivity index (χ1v) is 10.3. The molecule has 2 amide bonds. The molecular weight excluding hydrogens is 434 g/mol. The summed E-state index contributed by atoms with van der Waals surface area (Å²) in [6, 6.07) is 10.5. The smallest absolute Gasteiger partial charge is 0.286 e. The van der Waals surface area contributed by atoms with Crippen LogP contribution in [0.5, 0.6) is 5.75 Å². The monoisotopic (exact) mass is 451 g/mol. The normalized spacial score (nSPS) is 24.2. The minimum atomic E-state index is -2.64. The summed E-state index contributed by atoms with van der Waals surface area (Å²) in [7, 11) is 2.73. The Balaban J connectivity index is 1.93. The van der Waals surface area contributed by atoms with Crippen LogP contribution in [-0.2, 0) is 20.9 Å². The van der Waals surface area contributed by atoms with E-state index < -0.39 is 23.1 Å². The van der Waals surface area contributed by atoms with Crippen LogP contribution in [0.2, 0.25) is 5.02 Å². The van der Waals surface area contributed by atoms with E-state index in [2.05, 4.69) is 4.98 Å². The first-order valence-electron chi connectivity index (χ1n) is 9.95. The summed E-state index contributed by atoms with van der Waals surface area (Å²) in [5.41, 5.74) is -2.45. The van der Waals surface area contributed by atoms with Gasteiger partial charge in [-0.25, -0.2) is 0 Å². The Morgan fingerprint density at radius 2 is 1.81 bits per heavy atom. The molecule has 0 radical (unpaired) electrons. The fourth-order valence-corrected chi connectivity index (χ4v) is 5.44. The second-order valence-electron chi connectivity index (χ2n) is 8.35. The van der Waals surface area contributed by atoms with Crippen molar-refractivity contribution in [2.24, 2.45) is 0 Å². The lowest BCUT2D eigenvalue weighted by molar-refractivity contribution is -0.193. The van der Waals surface area contributed by atoms with E-state index in [1.54, 1.807) is 24.3 Å². The summed E-state index contributed by atoms with van der Waals surface area (Å²) in [6.45, 7) is 1.88. The molecule has 0 spiro atoms. The third-order valence-corrected chi connectivity index (χ3v) is 6.92. The van der Waals surface area contributed by atoms with Crippen LogP contribution in [0.4, 0.5) is 0 Å². The lowest BCUT2D eigenvalue weighted by atomic mass is 9.79. The third-order valence-electron chi connectivity index (χ3n) is 6.69. The number of benzene rings is 2. The molecule has 32 heavy (non-hydrogen) atoms. The van der Waals surface area contributed by atoms with Crippen molar-refractivity contribution in [3.05, 3.63) is 52.5 Å². The summed E-state index contributed by atoms with van der Waals surface area (Å²) < 4.78 is 6.98. The minimum absolute atomic E-state index is 0.140. The second-order valence-corrected chi connectivity index (χ2v) is 8.79. The number of likely N-dealkylation sites (tertiary alicyclic amines) is 1. The maximum atomic E-state index is 13.4. The fraction of sp³-hybridized carbons (Fsp3) is 0.217. The molecule has 9 heteroatoms. The number of aromatic amines is 1. The number of H-pyrrole nitrogens is 1. The zero-order chi connectivity index (χ0) is 22.7. The highest BCUT2D eigenvalue weighted by molar-refractivity contribution is 6.31. The van der Waals surface area contributed by atoms with Gasteiger partial charge >= 0.3 is 0 Å². The van der Waals surface area contributed by atoms with Gasteiger partial charge in [-0.3, -0.25) is 19.1 Å². The lowest BCUT2D eigenvalue weighted by Gasteiger charge is -2.40. The second kappa shape index (κ2) is 5.72. The van der Waals surface area contributed by atoms with Gasteiger partial charge in [0.25, 0.3) is 17.5 Å². The number of methoxy groups -OCH3 is 1. The molecule has 0 unspecified atom stereocenters. The molecule has 0 bridgehead atoms. The molecule has 2 atom stereocenters. The average molecular weight is 452 g/mol. The maximum absolute atomic E-state index is 13.4. The molecule has 6 rings (SSSR count). The Morgan fingerprint density at radius 3 is 2.53 bits per heavy atom. The first kappa shape index (κ1) is 19.4. The van der Waals surface area contributed by atoms with E-state index in [1.807, 2.05) is 19.1 Å². The van der Waals surface area contributed by atoms with Gasteiger partial charge in [-0.2, -0.15) is 0 Å². The Labute approximate surface area is 186 Å². The van der Waals surface area contributed by atoms with Gasteiger partial charge in [0.1, 0.15) is 5.69 Å². The Morgan fingerprint density at radius 1 is 1.06 bits per heavy atom. The summed E-state index contributed by atoms with van der Waals surface area (Å²) in [5, 5.41) is 25.5. The fourth-order valence-electron chi connectivity index (χ4n) is 5.27. The SMILES string of the molecule is COc1c2n(c3cc(Cl)ccc13)[C@]1(O)C(=O)N(C)C(=O)[C@]1(O)c1c-2[nH]c2ccc(C)cc12. The van der Waals surface area contributed by atoms with Crippen molar-refractivity contribution in [1.29, 1.82) is 0 Å².